The summed E-state index contributed by atoms with van der Waals surface area (Å²) in [5.41, 5.74) is 2.38. The number of carbonyl (C=O) groups is 1. The zero-order valence-corrected chi connectivity index (χ0v) is 12.2. The summed E-state index contributed by atoms with van der Waals surface area (Å²) >= 11 is 11.7. The molecule has 0 saturated carbocycles. The molecule has 0 fully saturated rings. The van der Waals surface area contributed by atoms with Gasteiger partial charge in [-0.3, -0.25) is 4.79 Å². The molecule has 0 atom stereocenters. The molecule has 1 aromatic rings. The van der Waals surface area contributed by atoms with Crippen molar-refractivity contribution in [3.8, 4) is 5.75 Å². The minimum atomic E-state index is -0.334. The van der Waals surface area contributed by atoms with Crippen molar-refractivity contribution < 1.29 is 9.53 Å². The van der Waals surface area contributed by atoms with E-state index >= 15 is 0 Å². The van der Waals surface area contributed by atoms with Gasteiger partial charge in [0.05, 0.1) is 5.02 Å². The molecule has 0 unspecified atom stereocenters. The summed E-state index contributed by atoms with van der Waals surface area (Å²) in [6, 6.07) is 4.81. The second-order valence-electron chi connectivity index (χ2n) is 3.85. The summed E-state index contributed by atoms with van der Waals surface area (Å²) in [5.74, 6) is 0.0787. The van der Waals surface area contributed by atoms with Crippen LogP contribution in [-0.2, 0) is 4.79 Å². The second-order valence-corrected chi connectivity index (χ2v) is 4.70. The van der Waals surface area contributed by atoms with Crippen LogP contribution in [0, 0.1) is 0 Å². The van der Waals surface area contributed by atoms with Gasteiger partial charge in [-0.05, 0) is 31.0 Å². The highest BCUT2D eigenvalue weighted by Crippen LogP contribution is 2.27. The largest absolute Gasteiger partial charge is 0.482 e. The Kier molecular flexibility index (Phi) is 7.30. The zero-order chi connectivity index (χ0) is 14.1. The predicted octanol–water partition coefficient (Wildman–Crippen LogP) is 3.66. The molecule has 1 rings (SSSR count). The Labute approximate surface area is 122 Å². The summed E-state index contributed by atoms with van der Waals surface area (Å²) in [7, 11) is 0. The molecule has 1 N–H and O–H groups in total. The Bertz CT molecular complexity index is 450. The number of hydrogen-bond acceptors (Lipinski definition) is 3. The van der Waals surface area contributed by atoms with Gasteiger partial charge in [-0.15, -0.1) is 0 Å². The SMILES string of the molecule is CCCC/C=N/NC(=O)COc1ccc(Cl)cc1Cl. The van der Waals surface area contributed by atoms with E-state index in [9.17, 15) is 4.79 Å². The number of unbranched alkanes of at least 4 members (excludes halogenated alkanes) is 2. The molecule has 104 valence electrons. The fourth-order valence-electron chi connectivity index (χ4n) is 1.25. The van der Waals surface area contributed by atoms with Crippen LogP contribution in [0.15, 0.2) is 23.3 Å². The standard InChI is InChI=1S/C13H16Cl2N2O2/c1-2-3-4-7-16-17-13(18)9-19-12-6-5-10(14)8-11(12)15/h5-8H,2-4,9H2,1H3,(H,17,18)/b16-7+. The Balaban J connectivity index is 2.32. The fourth-order valence-corrected chi connectivity index (χ4v) is 1.71. The molecule has 0 aromatic heterocycles. The van der Waals surface area contributed by atoms with Crippen LogP contribution in [-0.4, -0.2) is 18.7 Å². The highest BCUT2D eigenvalue weighted by Gasteiger charge is 2.05. The Morgan fingerprint density at radius 1 is 1.47 bits per heavy atom. The van der Waals surface area contributed by atoms with Crippen molar-refractivity contribution in [3.63, 3.8) is 0 Å². The van der Waals surface area contributed by atoms with Crippen molar-refractivity contribution in [3.05, 3.63) is 28.2 Å². The lowest BCUT2D eigenvalue weighted by Gasteiger charge is -2.06. The van der Waals surface area contributed by atoms with Crippen LogP contribution in [0.5, 0.6) is 5.75 Å². The quantitative estimate of drug-likeness (QED) is 0.475. The summed E-state index contributed by atoms with van der Waals surface area (Å²) in [4.78, 5) is 11.4. The number of amides is 1. The van der Waals surface area contributed by atoms with Crippen LogP contribution in [0.2, 0.25) is 10.0 Å². The lowest BCUT2D eigenvalue weighted by Crippen LogP contribution is -2.24. The van der Waals surface area contributed by atoms with Crippen molar-refractivity contribution in [2.24, 2.45) is 5.10 Å². The highest BCUT2D eigenvalue weighted by atomic mass is 35.5. The Morgan fingerprint density at radius 3 is 2.95 bits per heavy atom. The first kappa shape index (κ1) is 15.8. The van der Waals surface area contributed by atoms with Crippen molar-refractivity contribution in [1.29, 1.82) is 0 Å². The van der Waals surface area contributed by atoms with E-state index in [0.717, 1.165) is 19.3 Å². The van der Waals surface area contributed by atoms with E-state index in [0.29, 0.717) is 15.8 Å². The van der Waals surface area contributed by atoms with Crippen molar-refractivity contribution >= 4 is 35.3 Å². The maximum absolute atomic E-state index is 11.4. The zero-order valence-electron chi connectivity index (χ0n) is 10.7. The number of ether oxygens (including phenoxy) is 1. The third-order valence-electron chi connectivity index (χ3n) is 2.22. The molecule has 6 heteroatoms. The van der Waals surface area contributed by atoms with Crippen LogP contribution in [0.4, 0.5) is 0 Å². The molecular formula is C13H16Cl2N2O2. The maximum Gasteiger partial charge on any atom is 0.277 e. The summed E-state index contributed by atoms with van der Waals surface area (Å²) in [5, 5.41) is 4.68. The number of benzene rings is 1. The Hall–Kier alpha value is -1.26. The third kappa shape index (κ3) is 6.45. The van der Waals surface area contributed by atoms with Crippen molar-refractivity contribution in [2.45, 2.75) is 26.2 Å². The van der Waals surface area contributed by atoms with Crippen LogP contribution >= 0.6 is 23.2 Å². The van der Waals surface area contributed by atoms with E-state index in [4.69, 9.17) is 27.9 Å². The molecule has 19 heavy (non-hydrogen) atoms. The second kappa shape index (κ2) is 8.77. The lowest BCUT2D eigenvalue weighted by atomic mass is 10.3. The number of nitrogens with one attached hydrogen (secondary N) is 1. The fraction of sp³-hybridized carbons (Fsp3) is 0.385. The number of hydrazone groups is 1. The van der Waals surface area contributed by atoms with E-state index in [2.05, 4.69) is 17.5 Å². The predicted molar refractivity (Wildman–Crippen MR) is 78.1 cm³/mol. The topological polar surface area (TPSA) is 50.7 Å². The van der Waals surface area contributed by atoms with Gasteiger partial charge < -0.3 is 4.74 Å². The number of nitrogens with zero attached hydrogens (tertiary/aromatic N) is 1. The molecule has 0 saturated heterocycles. The van der Waals surface area contributed by atoms with Gasteiger partial charge in [0.15, 0.2) is 6.61 Å². The molecule has 1 amide bonds. The van der Waals surface area contributed by atoms with Crippen molar-refractivity contribution in [2.75, 3.05) is 6.61 Å². The monoisotopic (exact) mass is 302 g/mol. The average molecular weight is 303 g/mol. The van der Waals surface area contributed by atoms with Gasteiger partial charge in [0, 0.05) is 11.2 Å². The number of rotatable bonds is 7. The van der Waals surface area contributed by atoms with Gasteiger partial charge >= 0.3 is 0 Å². The van der Waals surface area contributed by atoms with E-state index in [1.165, 1.54) is 0 Å². The lowest BCUT2D eigenvalue weighted by molar-refractivity contribution is -0.123. The molecule has 0 bridgehead atoms. The summed E-state index contributed by atoms with van der Waals surface area (Å²) in [6.07, 6.45) is 4.67. The van der Waals surface area contributed by atoms with Crippen LogP contribution in [0.25, 0.3) is 0 Å². The third-order valence-corrected chi connectivity index (χ3v) is 2.75. The van der Waals surface area contributed by atoms with Crippen LogP contribution in [0.1, 0.15) is 26.2 Å². The van der Waals surface area contributed by atoms with Gasteiger partial charge in [-0.25, -0.2) is 5.43 Å². The molecule has 0 radical (unpaired) electrons. The van der Waals surface area contributed by atoms with E-state index in [1.54, 1.807) is 24.4 Å². The highest BCUT2D eigenvalue weighted by molar-refractivity contribution is 6.35. The van der Waals surface area contributed by atoms with E-state index in [1.807, 2.05) is 0 Å². The first-order valence-corrected chi connectivity index (χ1v) is 6.77. The van der Waals surface area contributed by atoms with Gasteiger partial charge in [0.2, 0.25) is 0 Å². The van der Waals surface area contributed by atoms with E-state index < -0.39 is 0 Å². The molecule has 0 aliphatic carbocycles. The summed E-state index contributed by atoms with van der Waals surface area (Å²) in [6.45, 7) is 1.95. The molecular weight excluding hydrogens is 287 g/mol. The maximum atomic E-state index is 11.4. The molecule has 1 aromatic carbocycles. The number of halogens is 2. The average Bonchev–Trinajstić information content (AvgIpc) is 2.37. The van der Waals surface area contributed by atoms with Crippen molar-refractivity contribution in [1.82, 2.24) is 5.43 Å². The van der Waals surface area contributed by atoms with Gasteiger partial charge in [-0.2, -0.15) is 5.10 Å². The van der Waals surface area contributed by atoms with Gasteiger partial charge in [0.1, 0.15) is 5.75 Å². The minimum absolute atomic E-state index is 0.146. The molecule has 0 aliphatic heterocycles. The molecule has 0 heterocycles. The van der Waals surface area contributed by atoms with Crippen LogP contribution in [0.3, 0.4) is 0 Å². The molecule has 4 nitrogen and oxygen atoms in total. The smallest absolute Gasteiger partial charge is 0.277 e. The Morgan fingerprint density at radius 2 is 2.26 bits per heavy atom. The minimum Gasteiger partial charge on any atom is -0.482 e. The normalized spacial score (nSPS) is 10.7. The molecule has 0 aliphatic rings. The van der Waals surface area contributed by atoms with Gasteiger partial charge in [-0.1, -0.05) is 36.5 Å². The number of hydrogen-bond donors (Lipinski definition) is 1. The van der Waals surface area contributed by atoms with E-state index in [-0.39, 0.29) is 12.5 Å². The molecule has 0 spiro atoms. The van der Waals surface area contributed by atoms with Crippen LogP contribution < -0.4 is 10.2 Å². The summed E-state index contributed by atoms with van der Waals surface area (Å²) < 4.78 is 5.26. The first-order chi connectivity index (χ1) is 9.13. The first-order valence-electron chi connectivity index (χ1n) is 6.01. The van der Waals surface area contributed by atoms with Gasteiger partial charge in [0.25, 0.3) is 5.91 Å². The number of carbonyl (C=O) groups excluding carboxylic acids is 1.